The number of amides is 4. The van der Waals surface area contributed by atoms with E-state index in [4.69, 9.17) is 4.74 Å². The Balaban J connectivity index is 1.27. The second kappa shape index (κ2) is 8.43. The standard InChI is InChI=1S/C26H23N3O4/c1-33-22-12-6-17(7-13-22)15-27-24(30)18-8-10-21(11-9-18)29-25(31)23-14-19-4-2-3-5-20(19)16-28(23)26(29)32/h2-13,23H,14-16H2,1H3,(H,27,30)/t23-/m1/s1. The summed E-state index contributed by atoms with van der Waals surface area (Å²) in [6.45, 7) is 0.804. The number of hydrogen-bond donors (Lipinski definition) is 1. The Morgan fingerprint density at radius 3 is 2.36 bits per heavy atom. The Bertz CT molecular complexity index is 1180. The van der Waals surface area contributed by atoms with Crippen molar-refractivity contribution in [3.05, 3.63) is 95.1 Å². The minimum atomic E-state index is -0.486. The third-order valence-electron chi connectivity index (χ3n) is 6.19. The van der Waals surface area contributed by atoms with Gasteiger partial charge in [0.15, 0.2) is 0 Å². The van der Waals surface area contributed by atoms with E-state index in [-0.39, 0.29) is 17.8 Å². The fourth-order valence-electron chi connectivity index (χ4n) is 4.34. The predicted molar refractivity (Wildman–Crippen MR) is 123 cm³/mol. The zero-order chi connectivity index (χ0) is 22.9. The number of anilines is 1. The van der Waals surface area contributed by atoms with Crippen molar-refractivity contribution in [1.82, 2.24) is 10.2 Å². The van der Waals surface area contributed by atoms with E-state index >= 15 is 0 Å². The lowest BCUT2D eigenvalue weighted by Crippen LogP contribution is -2.39. The Kier molecular flexibility index (Phi) is 5.30. The predicted octanol–water partition coefficient (Wildman–Crippen LogP) is 3.52. The average molecular weight is 441 g/mol. The second-order valence-electron chi connectivity index (χ2n) is 8.15. The summed E-state index contributed by atoms with van der Waals surface area (Å²) in [6.07, 6.45) is 0.517. The fraction of sp³-hybridized carbons (Fsp3) is 0.192. The van der Waals surface area contributed by atoms with Crippen LogP contribution in [0.2, 0.25) is 0 Å². The van der Waals surface area contributed by atoms with E-state index in [0.29, 0.717) is 30.8 Å². The largest absolute Gasteiger partial charge is 0.497 e. The van der Waals surface area contributed by atoms with Gasteiger partial charge in [0.05, 0.1) is 12.8 Å². The van der Waals surface area contributed by atoms with Crippen LogP contribution in [0.25, 0.3) is 0 Å². The molecule has 0 unspecified atom stereocenters. The maximum absolute atomic E-state index is 13.1. The number of methoxy groups -OCH3 is 1. The van der Waals surface area contributed by atoms with Gasteiger partial charge < -0.3 is 15.0 Å². The van der Waals surface area contributed by atoms with Crippen LogP contribution in [0.3, 0.4) is 0 Å². The first-order valence-electron chi connectivity index (χ1n) is 10.8. The summed E-state index contributed by atoms with van der Waals surface area (Å²) in [5.74, 6) is 0.294. The van der Waals surface area contributed by atoms with E-state index in [2.05, 4.69) is 5.32 Å². The molecule has 2 aliphatic rings. The van der Waals surface area contributed by atoms with Crippen LogP contribution in [-0.2, 0) is 24.3 Å². The summed E-state index contributed by atoms with van der Waals surface area (Å²) in [5, 5.41) is 2.87. The lowest BCUT2D eigenvalue weighted by atomic mass is 9.95. The highest BCUT2D eigenvalue weighted by atomic mass is 16.5. The first-order chi connectivity index (χ1) is 16.0. The van der Waals surface area contributed by atoms with Gasteiger partial charge in [0.25, 0.3) is 11.8 Å². The Morgan fingerprint density at radius 1 is 0.970 bits per heavy atom. The zero-order valence-electron chi connectivity index (χ0n) is 18.2. The molecule has 0 bridgehead atoms. The fourth-order valence-corrected chi connectivity index (χ4v) is 4.34. The number of carbonyl (C=O) groups excluding carboxylic acids is 3. The van der Waals surface area contributed by atoms with Gasteiger partial charge in [0, 0.05) is 25.1 Å². The van der Waals surface area contributed by atoms with Crippen LogP contribution in [-0.4, -0.2) is 35.9 Å². The van der Waals surface area contributed by atoms with Gasteiger partial charge in [-0.05, 0) is 53.1 Å². The minimum Gasteiger partial charge on any atom is -0.497 e. The molecule has 1 fully saturated rings. The molecular formula is C26H23N3O4. The number of ether oxygens (including phenoxy) is 1. The topological polar surface area (TPSA) is 79.0 Å². The molecule has 0 spiro atoms. The Morgan fingerprint density at radius 2 is 1.67 bits per heavy atom. The van der Waals surface area contributed by atoms with Gasteiger partial charge in [0.2, 0.25) is 0 Å². The van der Waals surface area contributed by atoms with Crippen LogP contribution in [0.5, 0.6) is 5.75 Å². The molecule has 2 heterocycles. The van der Waals surface area contributed by atoms with Gasteiger partial charge in [0.1, 0.15) is 11.8 Å². The normalized spacial score (nSPS) is 16.9. The zero-order valence-corrected chi connectivity index (χ0v) is 18.2. The molecule has 3 aromatic carbocycles. The van der Waals surface area contributed by atoms with Crippen LogP contribution in [0.15, 0.2) is 72.8 Å². The van der Waals surface area contributed by atoms with Crippen LogP contribution < -0.4 is 15.0 Å². The molecule has 0 saturated carbocycles. The summed E-state index contributed by atoms with van der Waals surface area (Å²) in [5.41, 5.74) is 4.05. The van der Waals surface area contributed by atoms with Crippen LogP contribution in [0.1, 0.15) is 27.0 Å². The van der Waals surface area contributed by atoms with Gasteiger partial charge in [-0.25, -0.2) is 9.69 Å². The monoisotopic (exact) mass is 441 g/mol. The highest BCUT2D eigenvalue weighted by Crippen LogP contribution is 2.32. The quantitative estimate of drug-likeness (QED) is 0.615. The third kappa shape index (κ3) is 3.82. The first-order valence-corrected chi connectivity index (χ1v) is 10.8. The van der Waals surface area contributed by atoms with Crippen molar-refractivity contribution in [1.29, 1.82) is 0 Å². The SMILES string of the molecule is COc1ccc(CNC(=O)c2ccc(N3C(=O)[C@H]4Cc5ccccc5CN4C3=O)cc2)cc1. The van der Waals surface area contributed by atoms with Crippen molar-refractivity contribution in [3.8, 4) is 5.75 Å². The van der Waals surface area contributed by atoms with Crippen molar-refractivity contribution in [2.75, 3.05) is 12.0 Å². The van der Waals surface area contributed by atoms with Crippen LogP contribution in [0, 0.1) is 0 Å². The molecule has 3 aromatic rings. The Hall–Kier alpha value is -4.13. The van der Waals surface area contributed by atoms with E-state index in [1.54, 1.807) is 36.3 Å². The van der Waals surface area contributed by atoms with E-state index in [0.717, 1.165) is 22.4 Å². The third-order valence-corrected chi connectivity index (χ3v) is 6.19. The molecule has 1 atom stereocenters. The molecule has 4 amide bonds. The summed E-state index contributed by atoms with van der Waals surface area (Å²) in [4.78, 5) is 41.5. The first kappa shape index (κ1) is 20.8. The van der Waals surface area contributed by atoms with Crippen LogP contribution in [0.4, 0.5) is 10.5 Å². The molecule has 0 aromatic heterocycles. The lowest BCUT2D eigenvalue weighted by molar-refractivity contribution is -0.120. The molecule has 7 heteroatoms. The number of nitrogens with zero attached hydrogens (tertiary/aromatic N) is 2. The van der Waals surface area contributed by atoms with Gasteiger partial charge in [-0.2, -0.15) is 0 Å². The van der Waals surface area contributed by atoms with E-state index in [9.17, 15) is 14.4 Å². The molecule has 5 rings (SSSR count). The van der Waals surface area contributed by atoms with E-state index in [1.165, 1.54) is 4.90 Å². The average Bonchev–Trinajstić information content (AvgIpc) is 3.10. The smallest absolute Gasteiger partial charge is 0.332 e. The van der Waals surface area contributed by atoms with Gasteiger partial charge in [-0.1, -0.05) is 36.4 Å². The highest BCUT2D eigenvalue weighted by molar-refractivity contribution is 6.21. The minimum absolute atomic E-state index is 0.230. The number of benzene rings is 3. The summed E-state index contributed by atoms with van der Waals surface area (Å²) in [6, 6.07) is 21.1. The lowest BCUT2D eigenvalue weighted by Gasteiger charge is -2.28. The van der Waals surface area contributed by atoms with Crippen LogP contribution >= 0.6 is 0 Å². The number of urea groups is 1. The maximum atomic E-state index is 13.1. The number of hydrogen-bond acceptors (Lipinski definition) is 4. The highest BCUT2D eigenvalue weighted by Gasteiger charge is 2.47. The van der Waals surface area contributed by atoms with Crippen molar-refractivity contribution in [2.24, 2.45) is 0 Å². The molecule has 7 nitrogen and oxygen atoms in total. The molecule has 0 radical (unpaired) electrons. The second-order valence-corrected chi connectivity index (χ2v) is 8.15. The molecule has 1 saturated heterocycles. The van der Waals surface area contributed by atoms with Crippen molar-refractivity contribution < 1.29 is 19.1 Å². The van der Waals surface area contributed by atoms with Gasteiger partial charge in [-0.3, -0.25) is 9.59 Å². The molecule has 33 heavy (non-hydrogen) atoms. The van der Waals surface area contributed by atoms with Gasteiger partial charge >= 0.3 is 6.03 Å². The van der Waals surface area contributed by atoms with Gasteiger partial charge in [-0.15, -0.1) is 0 Å². The molecule has 2 aliphatic heterocycles. The maximum Gasteiger partial charge on any atom is 0.332 e. The van der Waals surface area contributed by atoms with Crippen molar-refractivity contribution in [2.45, 2.75) is 25.6 Å². The summed E-state index contributed by atoms with van der Waals surface area (Å²) in [7, 11) is 1.61. The number of fused-ring (bicyclic) bond motifs is 2. The summed E-state index contributed by atoms with van der Waals surface area (Å²) >= 11 is 0. The number of nitrogens with one attached hydrogen (secondary N) is 1. The number of imide groups is 1. The molecule has 166 valence electrons. The number of carbonyl (C=O) groups is 3. The Labute approximate surface area is 191 Å². The molecule has 0 aliphatic carbocycles. The summed E-state index contributed by atoms with van der Waals surface area (Å²) < 4.78 is 5.14. The van der Waals surface area contributed by atoms with Crippen molar-refractivity contribution >= 4 is 23.5 Å². The number of rotatable bonds is 5. The van der Waals surface area contributed by atoms with E-state index < -0.39 is 6.04 Å². The van der Waals surface area contributed by atoms with Crippen molar-refractivity contribution in [3.63, 3.8) is 0 Å². The molecular weight excluding hydrogens is 418 g/mol. The molecule has 1 N–H and O–H groups in total. The van der Waals surface area contributed by atoms with E-state index in [1.807, 2.05) is 48.5 Å².